The van der Waals surface area contributed by atoms with Gasteiger partial charge in [0, 0.05) is 11.1 Å². The second-order valence-electron chi connectivity index (χ2n) is 7.68. The van der Waals surface area contributed by atoms with E-state index in [1.807, 2.05) is 26.0 Å². The van der Waals surface area contributed by atoms with Crippen molar-refractivity contribution in [2.24, 2.45) is 0 Å². The van der Waals surface area contributed by atoms with E-state index in [1.165, 1.54) is 13.2 Å². The van der Waals surface area contributed by atoms with Crippen LogP contribution in [0.15, 0.2) is 66.2 Å². The standard InChI is InChI=1S/C27H22O6/c1-16-8-10-19(12-17(16)2)32-15-25(28)33-23-11-9-18(14-24(23)31-3)13-22-26(29)20-6-4-5-7-21(20)27(22)30/h4-14H,15H2,1-3H3. The van der Waals surface area contributed by atoms with Crippen molar-refractivity contribution in [1.29, 1.82) is 0 Å². The smallest absolute Gasteiger partial charge is 0.349 e. The third-order valence-corrected chi connectivity index (χ3v) is 5.46. The monoisotopic (exact) mass is 442 g/mol. The topological polar surface area (TPSA) is 78.9 Å². The van der Waals surface area contributed by atoms with E-state index in [1.54, 1.807) is 48.5 Å². The minimum atomic E-state index is -0.589. The highest BCUT2D eigenvalue weighted by Crippen LogP contribution is 2.32. The molecule has 0 aliphatic heterocycles. The number of fused-ring (bicyclic) bond motifs is 1. The number of Topliss-reactive ketones (excluding diaryl/α,β-unsaturated/α-hetero) is 2. The summed E-state index contributed by atoms with van der Waals surface area (Å²) in [5, 5.41) is 0. The van der Waals surface area contributed by atoms with E-state index in [4.69, 9.17) is 14.2 Å². The lowest BCUT2D eigenvalue weighted by Crippen LogP contribution is -2.18. The third-order valence-electron chi connectivity index (χ3n) is 5.46. The van der Waals surface area contributed by atoms with Crippen LogP contribution in [0.1, 0.15) is 37.4 Å². The zero-order valence-electron chi connectivity index (χ0n) is 18.5. The average molecular weight is 442 g/mol. The van der Waals surface area contributed by atoms with Crippen LogP contribution in [0.2, 0.25) is 0 Å². The van der Waals surface area contributed by atoms with Crippen molar-refractivity contribution < 1.29 is 28.6 Å². The Morgan fingerprint density at radius 1 is 0.848 bits per heavy atom. The Kier molecular flexibility index (Phi) is 6.09. The van der Waals surface area contributed by atoms with Crippen LogP contribution in [-0.4, -0.2) is 31.3 Å². The highest BCUT2D eigenvalue weighted by atomic mass is 16.6. The van der Waals surface area contributed by atoms with Gasteiger partial charge in [-0.3, -0.25) is 9.59 Å². The largest absolute Gasteiger partial charge is 0.493 e. The van der Waals surface area contributed by atoms with Gasteiger partial charge in [-0.25, -0.2) is 4.79 Å². The maximum absolute atomic E-state index is 12.6. The first kappa shape index (κ1) is 22.0. The third kappa shape index (κ3) is 4.55. The van der Waals surface area contributed by atoms with Crippen molar-refractivity contribution in [3.63, 3.8) is 0 Å². The van der Waals surface area contributed by atoms with E-state index in [0.717, 1.165) is 11.1 Å². The van der Waals surface area contributed by atoms with Crippen molar-refractivity contribution in [2.75, 3.05) is 13.7 Å². The quantitative estimate of drug-likeness (QED) is 0.237. The SMILES string of the molecule is COc1cc(C=C2C(=O)c3ccccc3C2=O)ccc1OC(=O)COc1ccc(C)c(C)c1. The lowest BCUT2D eigenvalue weighted by Gasteiger charge is -2.11. The molecular weight excluding hydrogens is 420 g/mol. The predicted molar refractivity (Wildman–Crippen MR) is 123 cm³/mol. The van der Waals surface area contributed by atoms with Gasteiger partial charge in [0.15, 0.2) is 29.7 Å². The molecule has 0 heterocycles. The molecule has 0 radical (unpaired) electrons. The summed E-state index contributed by atoms with van der Waals surface area (Å²) in [6.07, 6.45) is 1.52. The minimum absolute atomic E-state index is 0.0878. The van der Waals surface area contributed by atoms with Gasteiger partial charge < -0.3 is 14.2 Å². The van der Waals surface area contributed by atoms with Crippen molar-refractivity contribution >= 4 is 23.6 Å². The average Bonchev–Trinajstić information content (AvgIpc) is 3.05. The van der Waals surface area contributed by atoms with E-state index in [0.29, 0.717) is 28.2 Å². The van der Waals surface area contributed by atoms with Crippen LogP contribution in [0.5, 0.6) is 17.2 Å². The number of allylic oxidation sites excluding steroid dienone is 1. The fourth-order valence-corrected chi connectivity index (χ4v) is 3.53. The Bertz CT molecular complexity index is 1260. The molecule has 33 heavy (non-hydrogen) atoms. The van der Waals surface area contributed by atoms with E-state index in [2.05, 4.69) is 0 Å². The second kappa shape index (κ2) is 9.12. The van der Waals surface area contributed by atoms with Crippen LogP contribution in [0.25, 0.3) is 6.08 Å². The molecule has 0 atom stereocenters. The lowest BCUT2D eigenvalue weighted by molar-refractivity contribution is -0.136. The van der Waals surface area contributed by atoms with Crippen LogP contribution in [0.3, 0.4) is 0 Å². The summed E-state index contributed by atoms with van der Waals surface area (Å²) in [4.78, 5) is 37.5. The fraction of sp³-hybridized carbons (Fsp3) is 0.148. The Morgan fingerprint density at radius 2 is 1.55 bits per heavy atom. The molecule has 0 unspecified atom stereocenters. The van der Waals surface area contributed by atoms with E-state index >= 15 is 0 Å². The molecule has 166 valence electrons. The van der Waals surface area contributed by atoms with Gasteiger partial charge in [0.25, 0.3) is 0 Å². The molecule has 6 heteroatoms. The Morgan fingerprint density at radius 3 is 2.18 bits per heavy atom. The fourth-order valence-electron chi connectivity index (χ4n) is 3.53. The zero-order chi connectivity index (χ0) is 23.5. The van der Waals surface area contributed by atoms with Crippen LogP contribution in [0, 0.1) is 13.8 Å². The summed E-state index contributed by atoms with van der Waals surface area (Å²) >= 11 is 0. The van der Waals surface area contributed by atoms with Crippen molar-refractivity contribution in [2.45, 2.75) is 13.8 Å². The highest BCUT2D eigenvalue weighted by molar-refractivity contribution is 6.41. The Labute approximate surface area is 191 Å². The van der Waals surface area contributed by atoms with Crippen molar-refractivity contribution in [1.82, 2.24) is 0 Å². The maximum Gasteiger partial charge on any atom is 0.349 e. The number of esters is 1. The number of methoxy groups -OCH3 is 1. The molecule has 0 fully saturated rings. The number of rotatable bonds is 6. The molecule has 0 aromatic heterocycles. The summed E-state index contributed by atoms with van der Waals surface area (Å²) in [5.41, 5.74) is 3.65. The van der Waals surface area contributed by atoms with Gasteiger partial charge >= 0.3 is 5.97 Å². The van der Waals surface area contributed by atoms with Gasteiger partial charge in [-0.15, -0.1) is 0 Å². The van der Waals surface area contributed by atoms with Gasteiger partial charge in [-0.05, 0) is 60.9 Å². The van der Waals surface area contributed by atoms with Gasteiger partial charge in [0.2, 0.25) is 0 Å². The molecule has 0 amide bonds. The predicted octanol–water partition coefficient (Wildman–Crippen LogP) is 4.76. The summed E-state index contributed by atoms with van der Waals surface area (Å²) in [5.74, 6) is -0.132. The number of hydrogen-bond acceptors (Lipinski definition) is 6. The molecule has 3 aromatic rings. The molecule has 0 N–H and O–H groups in total. The Hall–Kier alpha value is -4.19. The number of ketones is 2. The molecule has 3 aromatic carbocycles. The molecule has 0 saturated carbocycles. The zero-order valence-corrected chi connectivity index (χ0v) is 18.5. The first-order valence-corrected chi connectivity index (χ1v) is 10.4. The number of carbonyl (C=O) groups is 3. The van der Waals surface area contributed by atoms with Crippen molar-refractivity contribution in [3.05, 3.63) is 94.1 Å². The molecule has 0 spiro atoms. The summed E-state index contributed by atoms with van der Waals surface area (Å²) in [6, 6.07) is 17.1. The van der Waals surface area contributed by atoms with Gasteiger partial charge in [0.05, 0.1) is 12.7 Å². The highest BCUT2D eigenvalue weighted by Gasteiger charge is 2.32. The van der Waals surface area contributed by atoms with E-state index in [-0.39, 0.29) is 29.5 Å². The van der Waals surface area contributed by atoms with Crippen LogP contribution >= 0.6 is 0 Å². The molecule has 0 saturated heterocycles. The number of carbonyl (C=O) groups excluding carboxylic acids is 3. The molecule has 0 bridgehead atoms. The lowest BCUT2D eigenvalue weighted by atomic mass is 10.1. The van der Waals surface area contributed by atoms with Gasteiger partial charge in [0.1, 0.15) is 5.75 Å². The summed E-state index contributed by atoms with van der Waals surface area (Å²) < 4.78 is 16.2. The molecular formula is C27H22O6. The number of ether oxygens (including phenoxy) is 3. The van der Waals surface area contributed by atoms with Gasteiger partial charge in [-0.2, -0.15) is 0 Å². The normalized spacial score (nSPS) is 12.4. The van der Waals surface area contributed by atoms with Crippen LogP contribution in [-0.2, 0) is 4.79 Å². The summed E-state index contributed by atoms with van der Waals surface area (Å²) in [7, 11) is 1.44. The number of aryl methyl sites for hydroxylation is 2. The van der Waals surface area contributed by atoms with Crippen LogP contribution in [0.4, 0.5) is 0 Å². The van der Waals surface area contributed by atoms with Crippen molar-refractivity contribution in [3.8, 4) is 17.2 Å². The summed E-state index contributed by atoms with van der Waals surface area (Å²) in [6.45, 7) is 3.70. The molecule has 6 nitrogen and oxygen atoms in total. The van der Waals surface area contributed by atoms with E-state index in [9.17, 15) is 14.4 Å². The maximum atomic E-state index is 12.6. The molecule has 4 rings (SSSR count). The first-order chi connectivity index (χ1) is 15.9. The van der Waals surface area contributed by atoms with Crippen LogP contribution < -0.4 is 14.2 Å². The number of hydrogen-bond donors (Lipinski definition) is 0. The first-order valence-electron chi connectivity index (χ1n) is 10.4. The molecule has 1 aliphatic carbocycles. The second-order valence-corrected chi connectivity index (χ2v) is 7.68. The Balaban J connectivity index is 1.47. The van der Waals surface area contributed by atoms with Gasteiger partial charge in [-0.1, -0.05) is 36.4 Å². The minimum Gasteiger partial charge on any atom is -0.493 e. The van der Waals surface area contributed by atoms with E-state index < -0.39 is 5.97 Å². The number of benzene rings is 3. The molecule has 1 aliphatic rings.